The van der Waals surface area contributed by atoms with Gasteiger partial charge < -0.3 is 5.73 Å². The summed E-state index contributed by atoms with van der Waals surface area (Å²) in [5.74, 6) is 0. The number of anilines is 1. The average Bonchev–Trinajstić information content (AvgIpc) is 2.72. The van der Waals surface area contributed by atoms with Crippen LogP contribution >= 0.6 is 11.3 Å². The van der Waals surface area contributed by atoms with Crippen LogP contribution in [0.1, 0.15) is 25.7 Å². The molecule has 1 fully saturated rings. The van der Waals surface area contributed by atoms with Gasteiger partial charge in [-0.25, -0.2) is 13.4 Å². The molecule has 0 aliphatic heterocycles. The number of thiazole rings is 1. The lowest BCUT2D eigenvalue weighted by atomic mass is 10.4. The molecule has 6 heteroatoms. The van der Waals surface area contributed by atoms with Crippen molar-refractivity contribution < 1.29 is 8.42 Å². The third-order valence-electron chi connectivity index (χ3n) is 2.52. The highest BCUT2D eigenvalue weighted by molar-refractivity contribution is 7.94. The monoisotopic (exact) mass is 232 g/mol. The summed E-state index contributed by atoms with van der Waals surface area (Å²) in [5.41, 5.74) is 5.42. The van der Waals surface area contributed by atoms with Crippen LogP contribution in [0.2, 0.25) is 0 Å². The molecule has 1 saturated carbocycles. The SMILES string of the molecule is Nc1ncc(S(=O)(=O)C2CCCC2)s1. The summed E-state index contributed by atoms with van der Waals surface area (Å²) in [5, 5.41) is 0.115. The smallest absolute Gasteiger partial charge is 0.192 e. The molecule has 1 aliphatic carbocycles. The van der Waals surface area contributed by atoms with E-state index in [0.29, 0.717) is 9.34 Å². The van der Waals surface area contributed by atoms with E-state index >= 15 is 0 Å². The summed E-state index contributed by atoms with van der Waals surface area (Å²) in [6.07, 6.45) is 4.95. The quantitative estimate of drug-likeness (QED) is 0.837. The summed E-state index contributed by atoms with van der Waals surface area (Å²) < 4.78 is 24.2. The lowest BCUT2D eigenvalue weighted by molar-refractivity contribution is 0.581. The van der Waals surface area contributed by atoms with Crippen LogP contribution in [0.25, 0.3) is 0 Å². The topological polar surface area (TPSA) is 73.0 Å². The molecule has 4 nitrogen and oxygen atoms in total. The van der Waals surface area contributed by atoms with Crippen molar-refractivity contribution in [1.29, 1.82) is 0 Å². The summed E-state index contributed by atoms with van der Waals surface area (Å²) in [6, 6.07) is 0. The number of nitrogens with zero attached hydrogens (tertiary/aromatic N) is 1. The van der Waals surface area contributed by atoms with Gasteiger partial charge in [-0.3, -0.25) is 0 Å². The van der Waals surface area contributed by atoms with Crippen molar-refractivity contribution in [2.75, 3.05) is 5.73 Å². The van der Waals surface area contributed by atoms with Gasteiger partial charge in [0.25, 0.3) is 0 Å². The molecule has 14 heavy (non-hydrogen) atoms. The second-order valence-corrected chi connectivity index (χ2v) is 6.99. The third-order valence-corrected chi connectivity index (χ3v) is 6.11. The molecular formula is C8H12N2O2S2. The van der Waals surface area contributed by atoms with Crippen LogP contribution in [0.3, 0.4) is 0 Å². The van der Waals surface area contributed by atoms with Crippen molar-refractivity contribution in [2.24, 2.45) is 0 Å². The fraction of sp³-hybridized carbons (Fsp3) is 0.625. The molecule has 2 rings (SSSR count). The van der Waals surface area contributed by atoms with Crippen LogP contribution in [-0.2, 0) is 9.84 Å². The summed E-state index contributed by atoms with van der Waals surface area (Å²) in [6.45, 7) is 0. The molecule has 1 aliphatic rings. The number of hydrogen-bond donors (Lipinski definition) is 1. The van der Waals surface area contributed by atoms with E-state index in [1.165, 1.54) is 6.20 Å². The predicted octanol–water partition coefficient (Wildman–Crippen LogP) is 1.44. The van der Waals surface area contributed by atoms with Crippen molar-refractivity contribution >= 4 is 26.3 Å². The molecule has 1 aromatic heterocycles. The zero-order chi connectivity index (χ0) is 10.2. The van der Waals surface area contributed by atoms with E-state index in [0.717, 1.165) is 37.0 Å². The Hall–Kier alpha value is -0.620. The largest absolute Gasteiger partial charge is 0.375 e. The van der Waals surface area contributed by atoms with E-state index in [4.69, 9.17) is 5.73 Å². The minimum absolute atomic E-state index is 0.206. The first-order chi connectivity index (χ1) is 6.60. The molecule has 1 heterocycles. The van der Waals surface area contributed by atoms with Gasteiger partial charge in [-0.15, -0.1) is 0 Å². The fourth-order valence-electron chi connectivity index (χ4n) is 1.77. The van der Waals surface area contributed by atoms with Gasteiger partial charge in [-0.1, -0.05) is 24.2 Å². The maximum atomic E-state index is 12.0. The standard InChI is InChI=1S/C8H12N2O2S2/c9-8-10-5-7(13-8)14(11,12)6-3-1-2-4-6/h5-6H,1-4H2,(H2,9,10). The second-order valence-electron chi connectivity index (χ2n) is 3.47. The summed E-state index contributed by atoms with van der Waals surface area (Å²) in [4.78, 5) is 3.77. The van der Waals surface area contributed by atoms with Crippen LogP contribution in [0.4, 0.5) is 5.13 Å². The molecule has 2 N–H and O–H groups in total. The number of aromatic nitrogens is 1. The molecule has 1 aromatic rings. The van der Waals surface area contributed by atoms with E-state index < -0.39 is 9.84 Å². The van der Waals surface area contributed by atoms with Crippen LogP contribution < -0.4 is 5.73 Å². The Morgan fingerprint density at radius 1 is 1.43 bits per heavy atom. The van der Waals surface area contributed by atoms with Gasteiger partial charge >= 0.3 is 0 Å². The van der Waals surface area contributed by atoms with Gasteiger partial charge in [-0.2, -0.15) is 0 Å². The Balaban J connectivity index is 2.32. The summed E-state index contributed by atoms with van der Waals surface area (Å²) >= 11 is 1.06. The van der Waals surface area contributed by atoms with Crippen molar-refractivity contribution in [1.82, 2.24) is 4.98 Å². The maximum absolute atomic E-state index is 12.0. The number of sulfone groups is 1. The maximum Gasteiger partial charge on any atom is 0.192 e. The molecule has 0 unspecified atom stereocenters. The normalized spacial score (nSPS) is 18.9. The highest BCUT2D eigenvalue weighted by atomic mass is 32.2. The van der Waals surface area contributed by atoms with Gasteiger partial charge in [-0.05, 0) is 12.8 Å². The van der Waals surface area contributed by atoms with Crippen molar-refractivity contribution in [3.8, 4) is 0 Å². The molecule has 0 amide bonds. The third kappa shape index (κ3) is 1.64. The zero-order valence-electron chi connectivity index (χ0n) is 7.64. The molecule has 0 saturated heterocycles. The first-order valence-corrected chi connectivity index (χ1v) is 6.92. The van der Waals surface area contributed by atoms with E-state index in [1.807, 2.05) is 0 Å². The van der Waals surface area contributed by atoms with E-state index in [9.17, 15) is 8.42 Å². The minimum Gasteiger partial charge on any atom is -0.375 e. The Kier molecular flexibility index (Phi) is 2.48. The lowest BCUT2D eigenvalue weighted by Gasteiger charge is -2.07. The molecular weight excluding hydrogens is 220 g/mol. The first-order valence-electron chi connectivity index (χ1n) is 4.56. The number of rotatable bonds is 2. The van der Waals surface area contributed by atoms with Crippen molar-refractivity contribution in [2.45, 2.75) is 35.1 Å². The van der Waals surface area contributed by atoms with Crippen LogP contribution in [-0.4, -0.2) is 18.7 Å². The fourth-order valence-corrected chi connectivity index (χ4v) is 4.79. The van der Waals surface area contributed by atoms with E-state index in [-0.39, 0.29) is 5.25 Å². The molecule has 0 radical (unpaired) electrons. The van der Waals surface area contributed by atoms with Crippen LogP contribution in [0, 0.1) is 0 Å². The van der Waals surface area contributed by atoms with Crippen molar-refractivity contribution in [3.63, 3.8) is 0 Å². The molecule has 0 aromatic carbocycles. The molecule has 0 spiro atoms. The lowest BCUT2D eigenvalue weighted by Crippen LogP contribution is -2.16. The molecule has 0 atom stereocenters. The van der Waals surface area contributed by atoms with Crippen LogP contribution in [0.5, 0.6) is 0 Å². The second kappa shape index (κ2) is 3.51. The minimum atomic E-state index is -3.14. The number of hydrogen-bond acceptors (Lipinski definition) is 5. The van der Waals surface area contributed by atoms with Crippen LogP contribution in [0.15, 0.2) is 10.4 Å². The predicted molar refractivity (Wildman–Crippen MR) is 56.0 cm³/mol. The average molecular weight is 232 g/mol. The van der Waals surface area contributed by atoms with E-state index in [1.54, 1.807) is 0 Å². The van der Waals surface area contributed by atoms with Crippen molar-refractivity contribution in [3.05, 3.63) is 6.20 Å². The summed E-state index contributed by atoms with van der Waals surface area (Å²) in [7, 11) is -3.14. The molecule has 78 valence electrons. The Morgan fingerprint density at radius 2 is 2.07 bits per heavy atom. The van der Waals surface area contributed by atoms with Gasteiger partial charge in [0, 0.05) is 0 Å². The zero-order valence-corrected chi connectivity index (χ0v) is 9.27. The molecule has 0 bridgehead atoms. The number of nitrogens with two attached hydrogens (primary N) is 1. The van der Waals surface area contributed by atoms with Gasteiger partial charge in [0.1, 0.15) is 4.21 Å². The Bertz CT molecular complexity index is 418. The Labute approximate surface area is 87.1 Å². The number of nitrogen functional groups attached to an aromatic ring is 1. The van der Waals surface area contributed by atoms with Gasteiger partial charge in [0.05, 0.1) is 11.4 Å². The Morgan fingerprint density at radius 3 is 2.57 bits per heavy atom. The van der Waals surface area contributed by atoms with Gasteiger partial charge in [0.15, 0.2) is 15.0 Å². The highest BCUT2D eigenvalue weighted by Crippen LogP contribution is 2.32. The first kappa shape index (κ1) is 9.92. The highest BCUT2D eigenvalue weighted by Gasteiger charge is 2.31. The van der Waals surface area contributed by atoms with Gasteiger partial charge in [0.2, 0.25) is 0 Å². The van der Waals surface area contributed by atoms with E-state index in [2.05, 4.69) is 4.98 Å².